The maximum Gasteiger partial charge on any atom is 0.303 e. The van der Waals surface area contributed by atoms with Crippen LogP contribution < -0.4 is 5.32 Å². The van der Waals surface area contributed by atoms with Crippen LogP contribution in [0.1, 0.15) is 90.0 Å². The lowest BCUT2D eigenvalue weighted by atomic mass is 9.91. The Bertz CT molecular complexity index is 810. The van der Waals surface area contributed by atoms with Crippen LogP contribution in [0.2, 0.25) is 0 Å². The fourth-order valence-electron chi connectivity index (χ4n) is 4.64. The zero-order chi connectivity index (χ0) is 28.2. The monoisotopic (exact) mass is 533 g/mol. The quantitative estimate of drug-likeness (QED) is 0.0954. The molecule has 6 N–H and O–H groups in total. The van der Waals surface area contributed by atoms with Gasteiger partial charge >= 0.3 is 5.97 Å². The van der Waals surface area contributed by atoms with E-state index in [1.807, 2.05) is 38.1 Å². The van der Waals surface area contributed by atoms with Crippen LogP contribution >= 0.6 is 0 Å². The summed E-state index contributed by atoms with van der Waals surface area (Å²) in [5.74, 6) is -0.784. The normalized spacial score (nSPS) is 15.7. The fourth-order valence-corrected chi connectivity index (χ4v) is 4.64. The first kappa shape index (κ1) is 34.0. The molecule has 0 radical (unpaired) electrons. The van der Waals surface area contributed by atoms with Crippen molar-refractivity contribution in [3.05, 3.63) is 59.2 Å². The third-order valence-corrected chi connectivity index (χ3v) is 6.90. The number of nitrogens with one attached hydrogen (secondary N) is 1. The average molecular weight is 534 g/mol. The van der Waals surface area contributed by atoms with Crippen molar-refractivity contribution in [2.24, 2.45) is 0 Å². The van der Waals surface area contributed by atoms with Crippen molar-refractivity contribution in [3.63, 3.8) is 0 Å². The van der Waals surface area contributed by atoms with Crippen LogP contribution in [-0.4, -0.2) is 69.0 Å². The van der Waals surface area contributed by atoms with Crippen molar-refractivity contribution in [1.29, 1.82) is 0 Å². The first-order chi connectivity index (χ1) is 18.3. The second kappa shape index (κ2) is 20.9. The number of benzene rings is 1. The van der Waals surface area contributed by atoms with Gasteiger partial charge in [-0.15, -0.1) is 0 Å². The van der Waals surface area contributed by atoms with Crippen LogP contribution in [0.25, 0.3) is 0 Å². The molecule has 0 aliphatic rings. The van der Waals surface area contributed by atoms with Gasteiger partial charge in [0.1, 0.15) is 0 Å². The van der Waals surface area contributed by atoms with Crippen LogP contribution in [0.3, 0.4) is 0 Å². The summed E-state index contributed by atoms with van der Waals surface area (Å²) in [6.07, 6.45) is 9.19. The van der Waals surface area contributed by atoms with Crippen molar-refractivity contribution in [2.75, 3.05) is 13.2 Å². The summed E-state index contributed by atoms with van der Waals surface area (Å²) in [5, 5.41) is 53.0. The third kappa shape index (κ3) is 15.4. The maximum atomic E-state index is 11.0. The van der Waals surface area contributed by atoms with Crippen molar-refractivity contribution in [1.82, 2.24) is 5.32 Å². The highest BCUT2D eigenvalue weighted by atomic mass is 16.4. The first-order valence-electron chi connectivity index (χ1n) is 14.3. The Morgan fingerprint density at radius 3 is 2.32 bits per heavy atom. The number of aliphatic hydroxyl groups excluding tert-OH is 4. The molecule has 7 nitrogen and oxygen atoms in total. The Labute approximate surface area is 229 Å². The number of carboxylic acids is 1. The molecule has 1 aromatic rings. The number of carbonyl (C=O) groups is 1. The molecule has 0 aromatic heterocycles. The summed E-state index contributed by atoms with van der Waals surface area (Å²) in [5.41, 5.74) is 3.24. The average Bonchev–Trinajstić information content (AvgIpc) is 2.92. The molecular weight excluding hydrogens is 482 g/mol. The molecule has 1 aromatic carbocycles. The molecule has 0 spiro atoms. The van der Waals surface area contributed by atoms with Gasteiger partial charge in [-0.1, -0.05) is 81.2 Å². The Morgan fingerprint density at radius 1 is 0.947 bits per heavy atom. The number of allylic oxidation sites excluding steroid dienone is 2. The number of hydrogen-bond acceptors (Lipinski definition) is 6. The topological polar surface area (TPSA) is 130 Å². The number of aryl methyl sites for hydroxylation is 1. The summed E-state index contributed by atoms with van der Waals surface area (Å²) in [6.45, 7) is 4.53. The van der Waals surface area contributed by atoms with E-state index in [2.05, 4.69) is 17.4 Å². The van der Waals surface area contributed by atoms with E-state index in [1.165, 1.54) is 5.56 Å². The van der Waals surface area contributed by atoms with Crippen molar-refractivity contribution in [2.45, 2.75) is 115 Å². The largest absolute Gasteiger partial charge is 0.481 e. The molecule has 7 heteroatoms. The van der Waals surface area contributed by atoms with Gasteiger partial charge in [0.15, 0.2) is 0 Å². The van der Waals surface area contributed by atoms with Gasteiger partial charge in [-0.3, -0.25) is 4.79 Å². The smallest absolute Gasteiger partial charge is 0.303 e. The number of rotatable bonds is 22. The molecule has 38 heavy (non-hydrogen) atoms. The molecule has 0 aliphatic carbocycles. The van der Waals surface area contributed by atoms with Gasteiger partial charge in [-0.2, -0.15) is 0 Å². The van der Waals surface area contributed by atoms with Crippen LogP contribution in [-0.2, 0) is 11.2 Å². The molecule has 0 fully saturated rings. The molecule has 0 amide bonds. The van der Waals surface area contributed by atoms with Gasteiger partial charge in [0.25, 0.3) is 0 Å². The molecule has 0 saturated carbocycles. The number of unbranched alkanes of at least 4 members (excludes halogenated alkanes) is 2. The third-order valence-electron chi connectivity index (χ3n) is 6.90. The second-order valence-electron chi connectivity index (χ2n) is 10.1. The van der Waals surface area contributed by atoms with Gasteiger partial charge in [0.05, 0.1) is 24.9 Å². The molecular formula is C31H51NO6. The fraction of sp³-hybridized carbons (Fsp3) is 0.645. The van der Waals surface area contributed by atoms with Gasteiger partial charge in [-0.25, -0.2) is 0 Å². The Kier molecular flexibility index (Phi) is 18.7. The van der Waals surface area contributed by atoms with Crippen molar-refractivity contribution in [3.8, 4) is 0 Å². The van der Waals surface area contributed by atoms with Crippen molar-refractivity contribution >= 4 is 5.97 Å². The van der Waals surface area contributed by atoms with E-state index in [4.69, 9.17) is 5.11 Å². The summed E-state index contributed by atoms with van der Waals surface area (Å²) in [4.78, 5) is 11.0. The predicted octanol–water partition coefficient (Wildman–Crippen LogP) is 4.53. The van der Waals surface area contributed by atoms with Gasteiger partial charge in [0.2, 0.25) is 0 Å². The van der Waals surface area contributed by atoms with Crippen LogP contribution in [0.15, 0.2) is 53.6 Å². The molecule has 0 saturated heterocycles. The van der Waals surface area contributed by atoms with Gasteiger partial charge < -0.3 is 30.8 Å². The Morgan fingerprint density at radius 2 is 1.68 bits per heavy atom. The first-order valence-corrected chi connectivity index (χ1v) is 14.3. The van der Waals surface area contributed by atoms with Gasteiger partial charge in [0, 0.05) is 12.5 Å². The summed E-state index contributed by atoms with van der Waals surface area (Å²) < 4.78 is 0. The SMILES string of the molecule is CCCC[C@H](O)[C@H](O)C=CC(CCc1ccccc1)=C(CCCC[C@H](CCC(=O)O)NCC)C[C@H](O)CO. The van der Waals surface area contributed by atoms with Gasteiger partial charge in [-0.05, 0) is 69.0 Å². The molecule has 0 bridgehead atoms. The summed E-state index contributed by atoms with van der Waals surface area (Å²) >= 11 is 0. The molecule has 216 valence electrons. The van der Waals surface area contributed by atoms with Crippen LogP contribution in [0.4, 0.5) is 0 Å². The molecule has 0 aliphatic heterocycles. The zero-order valence-corrected chi connectivity index (χ0v) is 23.4. The Balaban J connectivity index is 3.04. The highest BCUT2D eigenvalue weighted by Gasteiger charge is 2.16. The molecule has 4 atom stereocenters. The predicted molar refractivity (Wildman–Crippen MR) is 153 cm³/mol. The van der Waals surface area contributed by atoms with E-state index in [-0.39, 0.29) is 19.1 Å². The minimum absolute atomic E-state index is 0.145. The number of aliphatic hydroxyl groups is 4. The van der Waals surface area contributed by atoms with E-state index >= 15 is 0 Å². The lowest BCUT2D eigenvalue weighted by molar-refractivity contribution is -0.137. The Hall–Kier alpha value is -2.03. The molecule has 1 rings (SSSR count). The second-order valence-corrected chi connectivity index (χ2v) is 10.1. The highest BCUT2D eigenvalue weighted by Crippen LogP contribution is 2.25. The van der Waals surface area contributed by atoms with E-state index in [0.29, 0.717) is 25.7 Å². The minimum atomic E-state index is -0.965. The lowest BCUT2D eigenvalue weighted by Gasteiger charge is -2.19. The van der Waals surface area contributed by atoms with E-state index in [1.54, 1.807) is 6.08 Å². The van der Waals surface area contributed by atoms with Crippen LogP contribution in [0.5, 0.6) is 0 Å². The van der Waals surface area contributed by atoms with Crippen LogP contribution in [0, 0.1) is 0 Å². The minimum Gasteiger partial charge on any atom is -0.481 e. The number of carboxylic acid groups (broad SMARTS) is 1. The standard InChI is InChI=1S/C31H51NO6/c1-3-5-15-29(35)30(36)20-18-25(17-16-24-11-7-6-8-12-24)26(22-28(34)23-33)13-9-10-14-27(32-4-2)19-21-31(37)38/h6-8,11-12,18,20,27-30,32-36H,3-5,9-10,13-17,19,21-23H2,1-2H3,(H,37,38)/t27-,28+,29+,30-/m1/s1. The van der Waals surface area contributed by atoms with E-state index in [9.17, 15) is 25.2 Å². The van der Waals surface area contributed by atoms with Crippen molar-refractivity contribution < 1.29 is 30.3 Å². The van der Waals surface area contributed by atoms with E-state index in [0.717, 1.165) is 62.6 Å². The zero-order valence-electron chi connectivity index (χ0n) is 23.4. The van der Waals surface area contributed by atoms with E-state index < -0.39 is 24.3 Å². The molecule has 0 unspecified atom stereocenters. The lowest BCUT2D eigenvalue weighted by Crippen LogP contribution is -2.29. The molecule has 0 heterocycles. The number of hydrogen-bond donors (Lipinski definition) is 6. The summed E-state index contributed by atoms with van der Waals surface area (Å²) in [7, 11) is 0. The number of aliphatic carboxylic acids is 1. The summed E-state index contributed by atoms with van der Waals surface area (Å²) in [6, 6.07) is 10.3. The maximum absolute atomic E-state index is 11.0. The highest BCUT2D eigenvalue weighted by molar-refractivity contribution is 5.66.